The molecule has 2 aromatic carbocycles. The van der Waals surface area contributed by atoms with Gasteiger partial charge >= 0.3 is 0 Å². The maximum absolute atomic E-state index is 12.7. The fourth-order valence-electron chi connectivity index (χ4n) is 4.23. The van der Waals surface area contributed by atoms with Crippen molar-refractivity contribution in [2.45, 2.75) is 31.1 Å². The van der Waals surface area contributed by atoms with Gasteiger partial charge in [0.25, 0.3) is 0 Å². The van der Waals surface area contributed by atoms with Crippen LogP contribution >= 0.6 is 0 Å². The molecule has 1 aliphatic heterocycles. The Kier molecular flexibility index (Phi) is 7.02. The highest BCUT2D eigenvalue weighted by atomic mass is 32.2. The number of rotatable bonds is 7. The highest BCUT2D eigenvalue weighted by molar-refractivity contribution is 7.90. The second-order valence-corrected chi connectivity index (χ2v) is 10.7. The van der Waals surface area contributed by atoms with Crippen molar-refractivity contribution in [3.8, 4) is 5.75 Å². The van der Waals surface area contributed by atoms with Crippen molar-refractivity contribution in [2.24, 2.45) is 5.92 Å². The molecule has 1 aromatic heterocycles. The van der Waals surface area contributed by atoms with Crippen molar-refractivity contribution in [2.75, 3.05) is 37.9 Å². The summed E-state index contributed by atoms with van der Waals surface area (Å²) in [6.45, 7) is 3.85. The largest absolute Gasteiger partial charge is 0.497 e. The van der Waals surface area contributed by atoms with Crippen LogP contribution in [0.5, 0.6) is 5.75 Å². The van der Waals surface area contributed by atoms with E-state index in [1.54, 1.807) is 25.3 Å². The Hall–Kier alpha value is -3.20. The molecule has 9 heteroatoms. The number of aryl methyl sites for hydroxylation is 1. The molecule has 1 aliphatic rings. The first kappa shape index (κ1) is 23.9. The van der Waals surface area contributed by atoms with Gasteiger partial charge in [0.05, 0.1) is 23.2 Å². The van der Waals surface area contributed by atoms with Crippen LogP contribution in [0.15, 0.2) is 47.4 Å². The van der Waals surface area contributed by atoms with Crippen LogP contribution in [0.2, 0.25) is 0 Å². The summed E-state index contributed by atoms with van der Waals surface area (Å²) in [5.74, 6) is 1.45. The molecule has 34 heavy (non-hydrogen) atoms. The van der Waals surface area contributed by atoms with Crippen molar-refractivity contribution in [1.82, 2.24) is 15.3 Å². The van der Waals surface area contributed by atoms with Crippen molar-refractivity contribution < 1.29 is 17.9 Å². The van der Waals surface area contributed by atoms with Gasteiger partial charge in [0.2, 0.25) is 11.9 Å². The molecule has 1 amide bonds. The molecular formula is C25H30N4O4S. The minimum absolute atomic E-state index is 0.0366. The van der Waals surface area contributed by atoms with E-state index in [0.29, 0.717) is 31.1 Å². The first-order chi connectivity index (χ1) is 16.2. The topological polar surface area (TPSA) is 101 Å². The third-order valence-corrected chi connectivity index (χ3v) is 7.41. The van der Waals surface area contributed by atoms with Crippen LogP contribution in [0.3, 0.4) is 0 Å². The molecule has 0 aliphatic carbocycles. The number of fused-ring (bicyclic) bond motifs is 1. The summed E-state index contributed by atoms with van der Waals surface area (Å²) >= 11 is 0. The number of piperidine rings is 1. The number of carbonyl (C=O) groups excluding carboxylic acids is 1. The van der Waals surface area contributed by atoms with Crippen LogP contribution in [0, 0.1) is 12.8 Å². The number of benzene rings is 2. The van der Waals surface area contributed by atoms with Gasteiger partial charge in [-0.3, -0.25) is 4.79 Å². The third-order valence-electron chi connectivity index (χ3n) is 6.30. The lowest BCUT2D eigenvalue weighted by Gasteiger charge is -2.31. The van der Waals surface area contributed by atoms with Gasteiger partial charge in [-0.15, -0.1) is 0 Å². The average molecular weight is 483 g/mol. The van der Waals surface area contributed by atoms with E-state index >= 15 is 0 Å². The van der Waals surface area contributed by atoms with Crippen LogP contribution in [-0.4, -0.2) is 57.3 Å². The maximum atomic E-state index is 12.7. The molecule has 0 unspecified atom stereocenters. The zero-order chi connectivity index (χ0) is 24.3. The summed E-state index contributed by atoms with van der Waals surface area (Å²) in [6.07, 6.45) is 3.40. The zero-order valence-corrected chi connectivity index (χ0v) is 20.6. The molecule has 8 nitrogen and oxygen atoms in total. The number of hydrogen-bond donors (Lipinski definition) is 1. The van der Waals surface area contributed by atoms with Crippen LogP contribution in [0.1, 0.15) is 24.1 Å². The van der Waals surface area contributed by atoms with Gasteiger partial charge in [0.1, 0.15) is 5.75 Å². The van der Waals surface area contributed by atoms with E-state index in [9.17, 15) is 13.2 Å². The Morgan fingerprint density at radius 1 is 1.12 bits per heavy atom. The number of hydrogen-bond acceptors (Lipinski definition) is 7. The lowest BCUT2D eigenvalue weighted by Crippen LogP contribution is -2.41. The Morgan fingerprint density at radius 3 is 2.47 bits per heavy atom. The number of ether oxygens (including phenoxy) is 1. The highest BCUT2D eigenvalue weighted by Gasteiger charge is 2.26. The maximum Gasteiger partial charge on any atom is 0.226 e. The molecule has 1 fully saturated rings. The fraction of sp³-hybridized carbons (Fsp3) is 0.400. The summed E-state index contributed by atoms with van der Waals surface area (Å²) in [5, 5.41) is 3.90. The number of aromatic nitrogens is 2. The first-order valence-electron chi connectivity index (χ1n) is 11.4. The third kappa shape index (κ3) is 5.47. The number of nitrogens with zero attached hydrogens (tertiary/aromatic N) is 3. The Morgan fingerprint density at radius 2 is 1.82 bits per heavy atom. The zero-order valence-electron chi connectivity index (χ0n) is 19.7. The SMILES string of the molecule is COc1ccc(CCNC(=O)C2CCN(c3nc(C)c4ccc(S(C)(=O)=O)cc4n3)CC2)cc1. The van der Waals surface area contributed by atoms with Gasteiger partial charge in [-0.2, -0.15) is 0 Å². The van der Waals surface area contributed by atoms with E-state index in [2.05, 4.69) is 20.2 Å². The minimum atomic E-state index is -3.31. The number of nitrogens with one attached hydrogen (secondary N) is 1. The van der Waals surface area contributed by atoms with E-state index in [1.807, 2.05) is 31.2 Å². The highest BCUT2D eigenvalue weighted by Crippen LogP contribution is 2.25. The Labute approximate surface area is 200 Å². The molecule has 2 heterocycles. The number of methoxy groups -OCH3 is 1. The monoisotopic (exact) mass is 482 g/mol. The molecule has 0 saturated carbocycles. The molecule has 0 spiro atoms. The standard InChI is InChI=1S/C25H30N4O4S/c1-17-22-9-8-21(34(3,31)32)16-23(22)28-25(27-17)29-14-11-19(12-15-29)24(30)26-13-10-18-4-6-20(33-2)7-5-18/h4-9,16,19H,10-15H2,1-3H3,(H,26,30). The average Bonchev–Trinajstić information content (AvgIpc) is 2.83. The normalized spacial score (nSPS) is 14.9. The number of amides is 1. The van der Waals surface area contributed by atoms with E-state index in [4.69, 9.17) is 4.74 Å². The predicted octanol–water partition coefficient (Wildman–Crippen LogP) is 2.93. The predicted molar refractivity (Wildman–Crippen MR) is 132 cm³/mol. The van der Waals surface area contributed by atoms with E-state index in [0.717, 1.165) is 41.7 Å². The minimum Gasteiger partial charge on any atom is -0.497 e. The van der Waals surface area contributed by atoms with Crippen LogP contribution in [0.4, 0.5) is 5.95 Å². The van der Waals surface area contributed by atoms with Crippen molar-refractivity contribution in [1.29, 1.82) is 0 Å². The summed E-state index contributed by atoms with van der Waals surface area (Å²) in [7, 11) is -1.67. The van der Waals surface area contributed by atoms with Gasteiger partial charge in [-0.1, -0.05) is 12.1 Å². The molecular weight excluding hydrogens is 452 g/mol. The molecule has 0 atom stereocenters. The molecule has 0 radical (unpaired) electrons. The summed E-state index contributed by atoms with van der Waals surface area (Å²) in [6, 6.07) is 12.8. The van der Waals surface area contributed by atoms with Gasteiger partial charge in [0.15, 0.2) is 9.84 Å². The number of anilines is 1. The van der Waals surface area contributed by atoms with E-state index in [-0.39, 0.29) is 16.7 Å². The number of sulfone groups is 1. The number of carbonyl (C=O) groups is 1. The molecule has 4 rings (SSSR count). The van der Waals surface area contributed by atoms with Gasteiger partial charge in [-0.05, 0) is 62.1 Å². The van der Waals surface area contributed by atoms with Gasteiger partial charge in [0, 0.05) is 37.2 Å². The van der Waals surface area contributed by atoms with Crippen LogP contribution in [-0.2, 0) is 21.1 Å². The molecule has 0 bridgehead atoms. The summed E-state index contributed by atoms with van der Waals surface area (Å²) < 4.78 is 29.0. The second kappa shape index (κ2) is 9.97. The quantitative estimate of drug-likeness (QED) is 0.552. The lowest BCUT2D eigenvalue weighted by molar-refractivity contribution is -0.125. The molecule has 1 N–H and O–H groups in total. The summed E-state index contributed by atoms with van der Waals surface area (Å²) in [5.41, 5.74) is 2.57. The Bertz CT molecular complexity index is 1280. The van der Waals surface area contributed by atoms with E-state index in [1.165, 1.54) is 6.26 Å². The second-order valence-electron chi connectivity index (χ2n) is 8.71. The Balaban J connectivity index is 1.34. The van der Waals surface area contributed by atoms with Crippen LogP contribution < -0.4 is 15.0 Å². The molecule has 1 saturated heterocycles. The van der Waals surface area contributed by atoms with Gasteiger partial charge in [-0.25, -0.2) is 18.4 Å². The van der Waals surface area contributed by atoms with Gasteiger partial charge < -0.3 is 15.0 Å². The van der Waals surface area contributed by atoms with Crippen molar-refractivity contribution >= 4 is 32.6 Å². The van der Waals surface area contributed by atoms with Crippen LogP contribution in [0.25, 0.3) is 10.9 Å². The molecule has 3 aromatic rings. The summed E-state index contributed by atoms with van der Waals surface area (Å²) in [4.78, 5) is 24.2. The fourth-order valence-corrected chi connectivity index (χ4v) is 4.87. The first-order valence-corrected chi connectivity index (χ1v) is 13.3. The lowest BCUT2D eigenvalue weighted by atomic mass is 9.96. The molecule has 180 valence electrons. The smallest absolute Gasteiger partial charge is 0.226 e. The van der Waals surface area contributed by atoms with Crippen molar-refractivity contribution in [3.63, 3.8) is 0 Å². The van der Waals surface area contributed by atoms with Crippen molar-refractivity contribution in [3.05, 3.63) is 53.7 Å². The van der Waals surface area contributed by atoms with E-state index < -0.39 is 9.84 Å².